The number of carboxylic acids is 1. The van der Waals surface area contributed by atoms with E-state index in [1.165, 1.54) is 0 Å². The first-order valence-electron chi connectivity index (χ1n) is 1.12. The fraction of sp³-hybridized carbons (Fsp3) is 0. The van der Waals surface area contributed by atoms with Gasteiger partial charge in [0.05, 0.1) is 0 Å². The van der Waals surface area contributed by atoms with Gasteiger partial charge in [0, 0.05) is 43.8 Å². The molecule has 4 N–H and O–H groups in total. The van der Waals surface area contributed by atoms with Gasteiger partial charge in [-0.3, -0.25) is 0 Å². The Morgan fingerprint density at radius 3 is 1.86 bits per heavy atom. The van der Waals surface area contributed by atoms with Gasteiger partial charge in [0.25, 0.3) is 0 Å². The number of carboxylic acid groups (broad SMARTS) is 1. The second kappa shape index (κ2) is 9.66. The number of hydrogen-bond donors (Lipinski definition) is 2. The average molecular weight is 129 g/mol. The predicted molar refractivity (Wildman–Crippen MR) is 28.6 cm³/mol. The summed E-state index contributed by atoms with van der Waals surface area (Å²) >= 11 is 0. The Kier molecular flexibility index (Phi) is 21.6. The van der Waals surface area contributed by atoms with Crippen molar-refractivity contribution in [3.8, 4) is 0 Å². The summed E-state index contributed by atoms with van der Waals surface area (Å²) in [6, 6.07) is 0. The topological polar surface area (TPSA) is 72.3 Å². The molecule has 0 aromatic heterocycles. The quantitative estimate of drug-likeness (QED) is 0.388. The zero-order chi connectivity index (χ0) is 4.28. The van der Waals surface area contributed by atoms with Crippen LogP contribution >= 0.6 is 0 Å². The van der Waals surface area contributed by atoms with Crippen molar-refractivity contribution in [2.75, 3.05) is 0 Å². The molecule has 0 heterocycles. The van der Waals surface area contributed by atoms with E-state index in [0.29, 0.717) is 0 Å². The molecular weight excluding hydrogens is 122 g/mol. The molecule has 38 valence electrons. The summed E-state index contributed by atoms with van der Waals surface area (Å²) < 4.78 is 0. The van der Waals surface area contributed by atoms with E-state index >= 15 is 0 Å². The van der Waals surface area contributed by atoms with E-state index in [0.717, 1.165) is 6.08 Å². The third-order valence-electron chi connectivity index (χ3n) is 0.175. The fourth-order valence-corrected chi connectivity index (χ4v) is 0. The number of rotatable bonds is 1. The maximum atomic E-state index is 9.25. The van der Waals surface area contributed by atoms with Crippen LogP contribution in [0.3, 0.4) is 0 Å². The molecule has 0 saturated heterocycles. The van der Waals surface area contributed by atoms with Crippen molar-refractivity contribution in [2.45, 2.75) is 0 Å². The first-order valence-corrected chi connectivity index (χ1v) is 1.12. The van der Waals surface area contributed by atoms with E-state index in [9.17, 15) is 4.79 Å². The van der Waals surface area contributed by atoms with Gasteiger partial charge in [-0.1, -0.05) is 6.58 Å². The minimum absolute atomic E-state index is 0. The number of aliphatic carboxylic acids is 1. The predicted octanol–water partition coefficient (Wildman–Crippen LogP) is 0.0382. The van der Waals surface area contributed by atoms with Crippen LogP contribution in [-0.2, 0) is 4.79 Å². The zero-order valence-corrected chi connectivity index (χ0v) is 6.26. The van der Waals surface area contributed by atoms with Crippen molar-refractivity contribution in [1.82, 2.24) is 6.15 Å². The molecule has 0 rings (SSSR count). The van der Waals surface area contributed by atoms with E-state index < -0.39 is 5.97 Å². The van der Waals surface area contributed by atoms with Crippen LogP contribution in [0.5, 0.6) is 0 Å². The molecule has 0 fully saturated rings. The van der Waals surface area contributed by atoms with Crippen LogP contribution in [-0.4, -0.2) is 48.8 Å². The zero-order valence-electron chi connectivity index (χ0n) is 4.05. The minimum Gasteiger partial charge on any atom is -0.478 e. The SMILES string of the molecule is C=CC(=O)O.N.[Ca]. The summed E-state index contributed by atoms with van der Waals surface area (Å²) in [6.45, 7) is 2.96. The molecule has 0 spiro atoms. The summed E-state index contributed by atoms with van der Waals surface area (Å²) in [5.74, 6) is -0.981. The number of hydrogen-bond acceptors (Lipinski definition) is 2. The largest absolute Gasteiger partial charge is 0.478 e. The molecule has 0 saturated carbocycles. The summed E-state index contributed by atoms with van der Waals surface area (Å²) in [7, 11) is 0. The van der Waals surface area contributed by atoms with Gasteiger partial charge in [-0.25, -0.2) is 4.79 Å². The molecule has 0 aliphatic carbocycles. The molecule has 0 unspecified atom stereocenters. The second-order valence-electron chi connectivity index (χ2n) is 0.542. The number of carbonyl (C=O) groups is 1. The molecule has 7 heavy (non-hydrogen) atoms. The normalized spacial score (nSPS) is 4.57. The Labute approximate surface area is 72.0 Å². The molecule has 3 nitrogen and oxygen atoms in total. The molecule has 0 aliphatic rings. The molecule has 0 amide bonds. The monoisotopic (exact) mass is 129 g/mol. The van der Waals surface area contributed by atoms with E-state index in [2.05, 4.69) is 6.58 Å². The van der Waals surface area contributed by atoms with Gasteiger partial charge >= 0.3 is 5.97 Å². The molecular formula is C3H7CaNO2. The molecule has 0 aliphatic heterocycles. The van der Waals surface area contributed by atoms with Gasteiger partial charge in [0.1, 0.15) is 0 Å². The first-order chi connectivity index (χ1) is 2.27. The standard InChI is InChI=1S/C3H4O2.Ca.H3N/c1-2-3(4)5;;/h2H,1H2,(H,4,5);;1H3. The van der Waals surface area contributed by atoms with E-state index in [-0.39, 0.29) is 43.9 Å². The maximum Gasteiger partial charge on any atom is 0.327 e. The van der Waals surface area contributed by atoms with Gasteiger partial charge in [-0.05, 0) is 0 Å². The van der Waals surface area contributed by atoms with Crippen molar-refractivity contribution >= 4 is 43.7 Å². The van der Waals surface area contributed by atoms with Crippen molar-refractivity contribution < 1.29 is 9.90 Å². The van der Waals surface area contributed by atoms with Crippen LogP contribution in [0, 0.1) is 0 Å². The smallest absolute Gasteiger partial charge is 0.327 e. The summed E-state index contributed by atoms with van der Waals surface area (Å²) in [5, 5.41) is 7.60. The Morgan fingerprint density at radius 1 is 1.71 bits per heavy atom. The van der Waals surface area contributed by atoms with Crippen molar-refractivity contribution in [2.24, 2.45) is 0 Å². The van der Waals surface area contributed by atoms with E-state index in [1.807, 2.05) is 0 Å². The Morgan fingerprint density at radius 2 is 1.86 bits per heavy atom. The average Bonchev–Trinajstić information content (AvgIpc) is 1.38. The summed E-state index contributed by atoms with van der Waals surface area (Å²) in [4.78, 5) is 9.25. The molecule has 0 atom stereocenters. The van der Waals surface area contributed by atoms with Gasteiger partial charge < -0.3 is 11.3 Å². The summed E-state index contributed by atoms with van der Waals surface area (Å²) in [5.41, 5.74) is 0. The third kappa shape index (κ3) is 21.4. The Balaban J connectivity index is -0.0000000800. The van der Waals surface area contributed by atoms with Gasteiger partial charge in [0.15, 0.2) is 0 Å². The molecule has 0 bridgehead atoms. The van der Waals surface area contributed by atoms with Crippen LogP contribution in [0.1, 0.15) is 0 Å². The fourth-order valence-electron chi connectivity index (χ4n) is 0. The Bertz CT molecular complexity index is 64.0. The second-order valence-corrected chi connectivity index (χ2v) is 0.542. The van der Waals surface area contributed by atoms with Crippen LogP contribution in [0.15, 0.2) is 12.7 Å². The van der Waals surface area contributed by atoms with E-state index in [4.69, 9.17) is 5.11 Å². The first kappa shape index (κ1) is 15.7. The van der Waals surface area contributed by atoms with Crippen LogP contribution in [0.25, 0.3) is 0 Å². The van der Waals surface area contributed by atoms with Gasteiger partial charge in [0.2, 0.25) is 0 Å². The maximum absolute atomic E-state index is 9.25. The molecule has 0 aromatic carbocycles. The Hall–Kier alpha value is 0.430. The molecule has 4 heteroatoms. The summed E-state index contributed by atoms with van der Waals surface area (Å²) in [6.07, 6.45) is 0.833. The van der Waals surface area contributed by atoms with Gasteiger partial charge in [-0.2, -0.15) is 0 Å². The molecule has 0 aromatic rings. The van der Waals surface area contributed by atoms with Crippen molar-refractivity contribution in [1.29, 1.82) is 0 Å². The van der Waals surface area contributed by atoms with Crippen molar-refractivity contribution in [3.63, 3.8) is 0 Å². The van der Waals surface area contributed by atoms with Crippen LogP contribution in [0.2, 0.25) is 0 Å². The van der Waals surface area contributed by atoms with Crippen LogP contribution in [0.4, 0.5) is 0 Å². The van der Waals surface area contributed by atoms with Gasteiger partial charge in [-0.15, -0.1) is 0 Å². The van der Waals surface area contributed by atoms with E-state index in [1.54, 1.807) is 0 Å². The third-order valence-corrected chi connectivity index (χ3v) is 0.175. The van der Waals surface area contributed by atoms with Crippen LogP contribution < -0.4 is 6.15 Å². The minimum atomic E-state index is -0.981. The molecule has 2 radical (unpaired) electrons. The van der Waals surface area contributed by atoms with Crippen molar-refractivity contribution in [3.05, 3.63) is 12.7 Å².